The number of halogens is 1. The van der Waals surface area contributed by atoms with Crippen molar-refractivity contribution in [3.05, 3.63) is 58.3 Å². The molecule has 2 aromatic carbocycles. The molecule has 0 saturated heterocycles. The Morgan fingerprint density at radius 3 is 2.44 bits per heavy atom. The van der Waals surface area contributed by atoms with Gasteiger partial charge in [-0.1, -0.05) is 15.9 Å². The zero-order chi connectivity index (χ0) is 19.2. The van der Waals surface area contributed by atoms with Crippen molar-refractivity contribution in [2.45, 2.75) is 6.92 Å². The molecule has 5 nitrogen and oxygen atoms in total. The lowest BCUT2D eigenvalue weighted by Gasteiger charge is -2.10. The minimum absolute atomic E-state index is 0.0470. The number of ether oxygens (including phenoxy) is 3. The summed E-state index contributed by atoms with van der Waals surface area (Å²) in [5.74, 6) is 1.93. The third kappa shape index (κ3) is 4.51. The largest absolute Gasteiger partial charge is 0.497 e. The number of hydrogen-bond donors (Lipinski definition) is 0. The molecule has 0 unspecified atom stereocenters. The van der Waals surface area contributed by atoms with Gasteiger partial charge in [-0.3, -0.25) is 4.79 Å². The smallest absolute Gasteiger partial charge is 0.196 e. The topological polar surface area (TPSA) is 57.9 Å². The minimum atomic E-state index is -0.0470. The highest BCUT2D eigenvalue weighted by molar-refractivity contribution is 9.09. The molecule has 0 aliphatic heterocycles. The lowest BCUT2D eigenvalue weighted by molar-refractivity contribution is 0.112. The highest BCUT2D eigenvalue weighted by atomic mass is 79.9. The molecule has 0 aliphatic carbocycles. The van der Waals surface area contributed by atoms with Crippen LogP contribution in [0.1, 0.15) is 5.56 Å². The normalized spacial score (nSPS) is 10.9. The summed E-state index contributed by atoms with van der Waals surface area (Å²) in [6.45, 7) is 3.34. The van der Waals surface area contributed by atoms with Gasteiger partial charge in [-0.2, -0.15) is 0 Å². The van der Waals surface area contributed by atoms with Crippen LogP contribution in [0.4, 0.5) is 0 Å². The number of hydrogen-bond acceptors (Lipinski definition) is 5. The van der Waals surface area contributed by atoms with E-state index in [4.69, 9.17) is 18.6 Å². The maximum Gasteiger partial charge on any atom is 0.196 e. The molecule has 1 aromatic heterocycles. The van der Waals surface area contributed by atoms with Crippen LogP contribution in [0.2, 0.25) is 0 Å². The molecular formula is C21H21BrO5. The molecule has 0 bridgehead atoms. The zero-order valence-electron chi connectivity index (χ0n) is 15.3. The van der Waals surface area contributed by atoms with Crippen molar-refractivity contribution in [2.24, 2.45) is 0 Å². The van der Waals surface area contributed by atoms with E-state index in [1.54, 1.807) is 32.2 Å². The number of methoxy groups -OCH3 is 1. The summed E-state index contributed by atoms with van der Waals surface area (Å²) < 4.78 is 22.3. The molecular weight excluding hydrogens is 412 g/mol. The molecule has 6 heteroatoms. The first-order chi connectivity index (χ1) is 13.1. The molecule has 0 radical (unpaired) electrons. The molecule has 0 N–H and O–H groups in total. The fourth-order valence-electron chi connectivity index (χ4n) is 2.75. The summed E-state index contributed by atoms with van der Waals surface area (Å²) in [7, 11) is 1.61. The van der Waals surface area contributed by atoms with E-state index in [0.29, 0.717) is 47.9 Å². The second kappa shape index (κ2) is 9.06. The van der Waals surface area contributed by atoms with E-state index in [1.807, 2.05) is 24.3 Å². The van der Waals surface area contributed by atoms with Gasteiger partial charge in [-0.15, -0.1) is 0 Å². The van der Waals surface area contributed by atoms with Crippen LogP contribution in [0.3, 0.4) is 0 Å². The number of fused-ring (bicyclic) bond motifs is 1. The van der Waals surface area contributed by atoms with E-state index < -0.39 is 0 Å². The molecule has 142 valence electrons. The van der Waals surface area contributed by atoms with Crippen LogP contribution in [-0.2, 0) is 4.74 Å². The van der Waals surface area contributed by atoms with Gasteiger partial charge >= 0.3 is 0 Å². The van der Waals surface area contributed by atoms with Crippen LogP contribution in [0.15, 0.2) is 51.7 Å². The monoisotopic (exact) mass is 432 g/mol. The van der Waals surface area contributed by atoms with E-state index in [9.17, 15) is 4.79 Å². The summed E-state index contributed by atoms with van der Waals surface area (Å²) in [5.41, 5.74) is 1.84. The Labute approximate surface area is 166 Å². The van der Waals surface area contributed by atoms with Crippen molar-refractivity contribution >= 4 is 26.9 Å². The van der Waals surface area contributed by atoms with Gasteiger partial charge in [0.1, 0.15) is 29.4 Å². The van der Waals surface area contributed by atoms with Gasteiger partial charge < -0.3 is 18.6 Å². The quantitative estimate of drug-likeness (QED) is 0.385. The number of alkyl halides is 1. The maximum absolute atomic E-state index is 12.7. The van der Waals surface area contributed by atoms with E-state index in [0.717, 1.165) is 16.6 Å². The Bertz CT molecular complexity index is 963. The van der Waals surface area contributed by atoms with Crippen molar-refractivity contribution < 1.29 is 18.6 Å². The summed E-state index contributed by atoms with van der Waals surface area (Å²) in [6, 6.07) is 12.7. The van der Waals surface area contributed by atoms with Gasteiger partial charge in [-0.05, 0) is 43.3 Å². The molecule has 0 atom stereocenters. The lowest BCUT2D eigenvalue weighted by Crippen LogP contribution is -2.09. The molecule has 3 rings (SSSR count). The predicted octanol–water partition coefficient (Wildman–Crippen LogP) is 4.57. The predicted molar refractivity (Wildman–Crippen MR) is 109 cm³/mol. The highest BCUT2D eigenvalue weighted by Crippen LogP contribution is 2.28. The second-order valence-corrected chi connectivity index (χ2v) is 6.71. The summed E-state index contributed by atoms with van der Waals surface area (Å²) in [4.78, 5) is 12.7. The molecule has 1 heterocycles. The van der Waals surface area contributed by atoms with E-state index in [2.05, 4.69) is 15.9 Å². The van der Waals surface area contributed by atoms with Gasteiger partial charge in [0.25, 0.3) is 0 Å². The summed E-state index contributed by atoms with van der Waals surface area (Å²) >= 11 is 3.31. The average molecular weight is 433 g/mol. The first-order valence-electron chi connectivity index (χ1n) is 8.62. The number of benzene rings is 2. The van der Waals surface area contributed by atoms with Crippen LogP contribution in [0.25, 0.3) is 22.3 Å². The third-order valence-corrected chi connectivity index (χ3v) is 4.48. The van der Waals surface area contributed by atoms with Crippen molar-refractivity contribution in [2.75, 3.05) is 32.3 Å². The molecule has 0 fully saturated rings. The Morgan fingerprint density at radius 1 is 1.00 bits per heavy atom. The molecule has 0 spiro atoms. The van der Waals surface area contributed by atoms with Gasteiger partial charge in [0.2, 0.25) is 0 Å². The van der Waals surface area contributed by atoms with Gasteiger partial charge in [-0.25, -0.2) is 0 Å². The van der Waals surface area contributed by atoms with Crippen LogP contribution in [-0.4, -0.2) is 32.3 Å². The summed E-state index contributed by atoms with van der Waals surface area (Å²) in [6.07, 6.45) is 0. The van der Waals surface area contributed by atoms with Crippen LogP contribution in [0.5, 0.6) is 11.5 Å². The standard InChI is InChI=1S/C21H21BrO5/c1-14-20(23)18-8-7-17(26-12-11-25-10-9-22)13-19(18)27-21(14)15-3-5-16(24-2)6-4-15/h3-8,13H,9-12H2,1-2H3. The van der Waals surface area contributed by atoms with Crippen LogP contribution in [0, 0.1) is 6.92 Å². The zero-order valence-corrected chi connectivity index (χ0v) is 16.9. The molecule has 0 amide bonds. The lowest BCUT2D eigenvalue weighted by atomic mass is 10.1. The molecule has 27 heavy (non-hydrogen) atoms. The first kappa shape index (κ1) is 19.5. The second-order valence-electron chi connectivity index (χ2n) is 5.92. The average Bonchev–Trinajstić information content (AvgIpc) is 2.70. The third-order valence-electron chi connectivity index (χ3n) is 4.16. The van der Waals surface area contributed by atoms with E-state index in [-0.39, 0.29) is 5.43 Å². The SMILES string of the molecule is COc1ccc(-c2oc3cc(OCCOCCBr)ccc3c(=O)c2C)cc1. The Kier molecular flexibility index (Phi) is 6.53. The Morgan fingerprint density at radius 2 is 1.74 bits per heavy atom. The van der Waals surface area contributed by atoms with Crippen molar-refractivity contribution in [3.63, 3.8) is 0 Å². The van der Waals surface area contributed by atoms with Crippen LogP contribution < -0.4 is 14.9 Å². The minimum Gasteiger partial charge on any atom is -0.497 e. The Hall–Kier alpha value is -2.31. The van der Waals surface area contributed by atoms with Gasteiger partial charge in [0, 0.05) is 22.5 Å². The van der Waals surface area contributed by atoms with Gasteiger partial charge in [0.05, 0.1) is 25.7 Å². The number of rotatable bonds is 8. The highest BCUT2D eigenvalue weighted by Gasteiger charge is 2.13. The van der Waals surface area contributed by atoms with Crippen molar-refractivity contribution in [1.82, 2.24) is 0 Å². The maximum atomic E-state index is 12.7. The molecule has 0 aliphatic rings. The molecule has 3 aromatic rings. The summed E-state index contributed by atoms with van der Waals surface area (Å²) in [5, 5.41) is 1.33. The fourth-order valence-corrected chi connectivity index (χ4v) is 2.98. The van der Waals surface area contributed by atoms with Gasteiger partial charge in [0.15, 0.2) is 5.43 Å². The molecule has 0 saturated carbocycles. The Balaban J connectivity index is 1.91. The fraction of sp³-hybridized carbons (Fsp3) is 0.286. The van der Waals surface area contributed by atoms with E-state index >= 15 is 0 Å². The first-order valence-corrected chi connectivity index (χ1v) is 9.74. The van der Waals surface area contributed by atoms with E-state index in [1.165, 1.54) is 0 Å². The van der Waals surface area contributed by atoms with Crippen LogP contribution >= 0.6 is 15.9 Å². The van der Waals surface area contributed by atoms with Crippen molar-refractivity contribution in [3.8, 4) is 22.8 Å². The van der Waals surface area contributed by atoms with Crippen molar-refractivity contribution in [1.29, 1.82) is 0 Å².